The van der Waals surface area contributed by atoms with Gasteiger partial charge in [0.15, 0.2) is 0 Å². The van der Waals surface area contributed by atoms with Crippen LogP contribution >= 0.6 is 0 Å². The summed E-state index contributed by atoms with van der Waals surface area (Å²) in [6.07, 6.45) is 17.3. The summed E-state index contributed by atoms with van der Waals surface area (Å²) in [5.74, 6) is 1.18. The first-order valence-corrected chi connectivity index (χ1v) is 13.2. The number of aliphatic hydroxyl groups excluding tert-OH is 2. The minimum absolute atomic E-state index is 0.00921. The van der Waals surface area contributed by atoms with Crippen molar-refractivity contribution in [1.29, 1.82) is 0 Å². The molecule has 0 fully saturated rings. The molecule has 2 aromatic rings. The highest BCUT2D eigenvalue weighted by Crippen LogP contribution is 2.27. The predicted octanol–water partition coefficient (Wildman–Crippen LogP) is 2.26. The number of anilines is 2. The number of nitrogens with zero attached hydrogens (tertiary/aromatic N) is 4. The standard InChI is InChI=1S/C14H22N4O.C7H7N3.C6H15NO/c1-2-3-4-11(8-19)16-7-10-5-6-12-13(10)17-9-18-14(12)15;8-7-5-2-1-3-6(5)9-4-10-7;1-2-3-4-6(7)5-8/h5,9,11,16,19H,2-4,6-8H2,1H3,(H2,15,17,18);1,3-4H,2H2,(H2,8,9,10);6,8H,2-5,7H2,1H3/t11-;;6-/m0.0/s1. The van der Waals surface area contributed by atoms with E-state index in [4.69, 9.17) is 22.3 Å². The predicted molar refractivity (Wildman–Crippen MR) is 150 cm³/mol. The first kappa shape index (κ1) is 30.3. The third-order valence-corrected chi connectivity index (χ3v) is 6.32. The molecule has 0 unspecified atom stereocenters. The van der Waals surface area contributed by atoms with Crippen molar-refractivity contribution in [3.8, 4) is 0 Å². The second kappa shape index (κ2) is 16.8. The van der Waals surface area contributed by atoms with Gasteiger partial charge in [0.1, 0.15) is 24.3 Å². The summed E-state index contributed by atoms with van der Waals surface area (Å²) in [6.45, 7) is 5.29. The Labute approximate surface area is 220 Å². The van der Waals surface area contributed by atoms with Crippen LogP contribution in [0.1, 0.15) is 74.9 Å². The van der Waals surface area contributed by atoms with Crippen molar-refractivity contribution in [3.63, 3.8) is 0 Å². The third kappa shape index (κ3) is 9.81. The minimum Gasteiger partial charge on any atom is -0.395 e. The van der Waals surface area contributed by atoms with E-state index in [1.54, 1.807) is 0 Å². The molecule has 0 saturated heterocycles. The van der Waals surface area contributed by atoms with E-state index in [9.17, 15) is 5.11 Å². The summed E-state index contributed by atoms with van der Waals surface area (Å²) in [6, 6.07) is 0.166. The molecule has 0 bridgehead atoms. The van der Waals surface area contributed by atoms with Gasteiger partial charge in [0.05, 0.1) is 24.6 Å². The summed E-state index contributed by atoms with van der Waals surface area (Å²) >= 11 is 0. The SMILES string of the molecule is CCCC[C@@H](CO)NCC1=CCc2c(N)ncnc21.CCCC[C@H](N)CO.Nc1ncnc2c1CC=C2. The van der Waals surface area contributed by atoms with Crippen molar-refractivity contribution in [2.24, 2.45) is 5.73 Å². The van der Waals surface area contributed by atoms with Crippen molar-refractivity contribution >= 4 is 23.3 Å². The van der Waals surface area contributed by atoms with Gasteiger partial charge in [-0.15, -0.1) is 0 Å². The fraction of sp³-hybridized carbons (Fsp3) is 0.556. The van der Waals surface area contributed by atoms with E-state index in [0.717, 1.165) is 86.0 Å². The molecule has 10 heteroatoms. The van der Waals surface area contributed by atoms with Gasteiger partial charge in [0, 0.05) is 29.8 Å². The zero-order chi connectivity index (χ0) is 27.0. The average molecular weight is 513 g/mol. The Morgan fingerprint density at radius 1 is 0.892 bits per heavy atom. The highest BCUT2D eigenvalue weighted by Gasteiger charge is 2.19. The number of allylic oxidation sites excluding steroid dienone is 2. The second-order valence-electron chi connectivity index (χ2n) is 9.24. The minimum atomic E-state index is 0.00921. The summed E-state index contributed by atoms with van der Waals surface area (Å²) in [5.41, 5.74) is 22.0. The first-order chi connectivity index (χ1) is 17.9. The molecule has 204 valence electrons. The van der Waals surface area contributed by atoms with Crippen LogP contribution in [0.25, 0.3) is 11.6 Å². The number of unbranched alkanes of at least 4 members (excludes halogenated alkanes) is 2. The Bertz CT molecular complexity index is 1010. The maximum Gasteiger partial charge on any atom is 0.130 e. The van der Waals surface area contributed by atoms with Crippen LogP contribution in [0.2, 0.25) is 0 Å². The number of hydrogen-bond donors (Lipinski definition) is 6. The number of nitrogen functional groups attached to an aromatic ring is 2. The Morgan fingerprint density at radius 3 is 2.22 bits per heavy atom. The van der Waals surface area contributed by atoms with E-state index in [0.29, 0.717) is 11.6 Å². The van der Waals surface area contributed by atoms with Crippen molar-refractivity contribution in [2.45, 2.75) is 77.3 Å². The fourth-order valence-electron chi connectivity index (χ4n) is 3.98. The summed E-state index contributed by atoms with van der Waals surface area (Å²) in [4.78, 5) is 16.2. The van der Waals surface area contributed by atoms with Gasteiger partial charge in [-0.1, -0.05) is 51.7 Å². The molecule has 0 amide bonds. The summed E-state index contributed by atoms with van der Waals surface area (Å²) < 4.78 is 0. The molecule has 2 aliphatic rings. The topological polar surface area (TPSA) is 182 Å². The molecule has 0 spiro atoms. The number of nitrogens with two attached hydrogens (primary N) is 3. The maximum atomic E-state index is 9.34. The highest BCUT2D eigenvalue weighted by molar-refractivity contribution is 5.74. The number of fused-ring (bicyclic) bond motifs is 2. The van der Waals surface area contributed by atoms with Crippen LogP contribution < -0.4 is 22.5 Å². The molecule has 37 heavy (non-hydrogen) atoms. The lowest BCUT2D eigenvalue weighted by atomic mass is 10.1. The molecule has 9 N–H and O–H groups in total. The molecule has 2 atom stereocenters. The van der Waals surface area contributed by atoms with Gasteiger partial charge in [0.2, 0.25) is 0 Å². The molecule has 2 heterocycles. The van der Waals surface area contributed by atoms with E-state index >= 15 is 0 Å². The molecule has 0 radical (unpaired) electrons. The zero-order valence-corrected chi connectivity index (χ0v) is 22.2. The number of hydrogen-bond acceptors (Lipinski definition) is 10. The summed E-state index contributed by atoms with van der Waals surface area (Å²) in [7, 11) is 0. The van der Waals surface area contributed by atoms with E-state index in [1.165, 1.54) is 12.7 Å². The van der Waals surface area contributed by atoms with Gasteiger partial charge < -0.3 is 32.7 Å². The van der Waals surface area contributed by atoms with Crippen LogP contribution in [0.3, 0.4) is 0 Å². The Kier molecular flexibility index (Phi) is 13.7. The Balaban J connectivity index is 0.000000223. The third-order valence-electron chi connectivity index (χ3n) is 6.32. The highest BCUT2D eigenvalue weighted by atomic mass is 16.3. The van der Waals surface area contributed by atoms with Crippen molar-refractivity contribution in [2.75, 3.05) is 31.2 Å². The van der Waals surface area contributed by atoms with Crippen LogP contribution in [0.5, 0.6) is 0 Å². The lowest BCUT2D eigenvalue weighted by Crippen LogP contribution is -2.33. The lowest BCUT2D eigenvalue weighted by molar-refractivity contribution is 0.237. The Morgan fingerprint density at radius 2 is 1.57 bits per heavy atom. The normalized spacial score (nSPS) is 14.5. The van der Waals surface area contributed by atoms with E-state index in [2.05, 4.69) is 45.2 Å². The van der Waals surface area contributed by atoms with Gasteiger partial charge in [0.25, 0.3) is 0 Å². The average Bonchev–Trinajstić information content (AvgIpc) is 3.57. The smallest absolute Gasteiger partial charge is 0.130 e. The molecular formula is C27H44N8O2. The van der Waals surface area contributed by atoms with Crippen molar-refractivity contribution in [1.82, 2.24) is 25.3 Å². The van der Waals surface area contributed by atoms with Crippen molar-refractivity contribution < 1.29 is 10.2 Å². The molecule has 2 aromatic heterocycles. The van der Waals surface area contributed by atoms with Crippen LogP contribution in [0.4, 0.5) is 11.6 Å². The fourth-order valence-corrected chi connectivity index (χ4v) is 3.98. The van der Waals surface area contributed by atoms with Crippen LogP contribution in [0.15, 0.2) is 24.8 Å². The van der Waals surface area contributed by atoms with Crippen LogP contribution in [-0.2, 0) is 12.8 Å². The number of aromatic nitrogens is 4. The quantitative estimate of drug-likeness (QED) is 0.261. The lowest BCUT2D eigenvalue weighted by Gasteiger charge is -2.16. The molecule has 2 aliphatic carbocycles. The number of rotatable bonds is 11. The second-order valence-corrected chi connectivity index (χ2v) is 9.24. The van der Waals surface area contributed by atoms with Gasteiger partial charge in [-0.25, -0.2) is 19.9 Å². The molecule has 10 nitrogen and oxygen atoms in total. The monoisotopic (exact) mass is 512 g/mol. The molecule has 4 rings (SSSR count). The summed E-state index contributed by atoms with van der Waals surface area (Å²) in [5, 5.41) is 21.2. The van der Waals surface area contributed by atoms with Crippen LogP contribution in [-0.4, -0.2) is 62.0 Å². The van der Waals surface area contributed by atoms with E-state index in [-0.39, 0.29) is 25.3 Å². The maximum absolute atomic E-state index is 9.34. The van der Waals surface area contributed by atoms with Gasteiger partial charge in [-0.05, 0) is 37.3 Å². The number of nitrogens with one attached hydrogen (secondary N) is 1. The van der Waals surface area contributed by atoms with E-state index < -0.39 is 0 Å². The first-order valence-electron chi connectivity index (χ1n) is 13.2. The van der Waals surface area contributed by atoms with Gasteiger partial charge >= 0.3 is 0 Å². The molecule has 0 aliphatic heterocycles. The van der Waals surface area contributed by atoms with E-state index in [1.807, 2.05) is 12.2 Å². The Hall–Kier alpha value is -2.92. The molecular weight excluding hydrogens is 468 g/mol. The number of aliphatic hydroxyl groups is 2. The zero-order valence-electron chi connectivity index (χ0n) is 22.2. The molecule has 0 saturated carbocycles. The molecule has 0 aromatic carbocycles. The largest absolute Gasteiger partial charge is 0.395 e. The van der Waals surface area contributed by atoms with Crippen LogP contribution in [0, 0.1) is 0 Å². The van der Waals surface area contributed by atoms with Crippen molar-refractivity contribution in [3.05, 3.63) is 47.3 Å². The van der Waals surface area contributed by atoms with Gasteiger partial charge in [-0.3, -0.25) is 0 Å². The van der Waals surface area contributed by atoms with Gasteiger partial charge in [-0.2, -0.15) is 0 Å².